The van der Waals surface area contributed by atoms with Gasteiger partial charge in [0, 0.05) is 0 Å². The van der Waals surface area contributed by atoms with Crippen molar-refractivity contribution in [2.45, 2.75) is 151 Å². The molecule has 6 aromatic rings. The zero-order chi connectivity index (χ0) is 50.9. The Balaban J connectivity index is 1.24. The van der Waals surface area contributed by atoms with E-state index < -0.39 is 0 Å². The van der Waals surface area contributed by atoms with Gasteiger partial charge >= 0.3 is 0 Å². The molecular weight excluding hydrogens is 889 g/mol. The summed E-state index contributed by atoms with van der Waals surface area (Å²) in [5, 5.41) is 0. The number of hydrogen-bond donors (Lipinski definition) is 0. The Morgan fingerprint density at radius 2 is 0.365 bits per heavy atom. The molecule has 0 heteroatoms. The summed E-state index contributed by atoms with van der Waals surface area (Å²) < 4.78 is 0. The van der Waals surface area contributed by atoms with Gasteiger partial charge in [0.15, 0.2) is 0 Å². The lowest BCUT2D eigenvalue weighted by Gasteiger charge is -2.81. The molecule has 8 saturated carbocycles. The van der Waals surface area contributed by atoms with Crippen molar-refractivity contribution in [3.8, 4) is 0 Å². The molecule has 14 rings (SSSR count). The van der Waals surface area contributed by atoms with Gasteiger partial charge in [-0.3, -0.25) is 0 Å². The fraction of sp³-hybridized carbons (Fsp3) is 0.351. The van der Waals surface area contributed by atoms with Crippen molar-refractivity contribution in [2.75, 3.05) is 0 Å². The highest BCUT2D eigenvalue weighted by molar-refractivity contribution is 5.67. The van der Waals surface area contributed by atoms with E-state index in [1.165, 1.54) is 110 Å². The Kier molecular flexibility index (Phi) is 12.0. The van der Waals surface area contributed by atoms with Gasteiger partial charge in [0.05, 0.1) is 0 Å². The SMILES string of the molecule is CC=Cc1ccccc1C12CC3(c4ccccc4C=CC)CC(c4ccccc4C=CC)(C1)CC(C14CC5(c6ccccc6C=CC)CC(c6ccccc6C=CC)(CC(c6ccccc6C=CC)(C5)C1)C4)(C2)C3. The molecule has 6 aromatic carbocycles. The summed E-state index contributed by atoms with van der Waals surface area (Å²) in [6.45, 7) is 13.3. The molecule has 74 heavy (non-hydrogen) atoms. The van der Waals surface area contributed by atoms with Crippen molar-refractivity contribution in [1.82, 2.24) is 0 Å². The lowest BCUT2D eigenvalue weighted by molar-refractivity contribution is -0.237. The molecule has 8 bridgehead atoms. The molecule has 0 saturated heterocycles. The van der Waals surface area contributed by atoms with Crippen LogP contribution in [-0.4, -0.2) is 0 Å². The predicted molar refractivity (Wildman–Crippen MR) is 317 cm³/mol. The van der Waals surface area contributed by atoms with E-state index in [-0.39, 0.29) is 43.3 Å². The van der Waals surface area contributed by atoms with Crippen LogP contribution in [0.4, 0.5) is 0 Å². The Morgan fingerprint density at radius 1 is 0.216 bits per heavy atom. The Hall–Kier alpha value is -6.24. The van der Waals surface area contributed by atoms with Crippen LogP contribution in [0.2, 0.25) is 0 Å². The smallest absolute Gasteiger partial charge is 0.00186 e. The lowest BCUT2D eigenvalue weighted by Crippen LogP contribution is -2.75. The monoisotopic (exact) mass is 967 g/mol. The van der Waals surface area contributed by atoms with Crippen LogP contribution in [0.5, 0.6) is 0 Å². The highest BCUT2D eigenvalue weighted by atomic mass is 14.8. The minimum Gasteiger partial charge on any atom is -0.0871 e. The van der Waals surface area contributed by atoms with Crippen molar-refractivity contribution >= 4 is 36.5 Å². The van der Waals surface area contributed by atoms with Gasteiger partial charge in [0.2, 0.25) is 0 Å². The molecular formula is C74H78. The summed E-state index contributed by atoms with van der Waals surface area (Å²) >= 11 is 0. The molecule has 0 nitrogen and oxygen atoms in total. The minimum absolute atomic E-state index is 0.0134. The van der Waals surface area contributed by atoms with Crippen molar-refractivity contribution in [2.24, 2.45) is 10.8 Å². The average molecular weight is 967 g/mol. The highest BCUT2D eigenvalue weighted by Gasteiger charge is 2.79. The third-order valence-corrected chi connectivity index (χ3v) is 20.5. The first kappa shape index (κ1) is 48.7. The summed E-state index contributed by atoms with van der Waals surface area (Å²) in [6, 6.07) is 58.3. The van der Waals surface area contributed by atoms with Crippen molar-refractivity contribution in [3.63, 3.8) is 0 Å². The van der Waals surface area contributed by atoms with Gasteiger partial charge in [-0.15, -0.1) is 0 Å². The number of allylic oxidation sites excluding steroid dienone is 6. The first-order chi connectivity index (χ1) is 36.1. The third-order valence-electron chi connectivity index (χ3n) is 20.5. The molecule has 374 valence electrons. The Morgan fingerprint density at radius 3 is 0.514 bits per heavy atom. The van der Waals surface area contributed by atoms with Crippen LogP contribution in [0.15, 0.2) is 182 Å². The predicted octanol–water partition coefficient (Wildman–Crippen LogP) is 19.5. The van der Waals surface area contributed by atoms with Crippen LogP contribution < -0.4 is 0 Å². The maximum absolute atomic E-state index is 2.59. The quantitative estimate of drug-likeness (QED) is 0.108. The fourth-order valence-electron chi connectivity index (χ4n) is 19.9. The van der Waals surface area contributed by atoms with Crippen LogP contribution in [0.3, 0.4) is 0 Å². The van der Waals surface area contributed by atoms with Crippen molar-refractivity contribution < 1.29 is 0 Å². The molecule has 0 radical (unpaired) electrons. The summed E-state index contributed by atoms with van der Waals surface area (Å²) in [6.07, 6.45) is 42.8. The van der Waals surface area contributed by atoms with E-state index in [1.807, 2.05) is 0 Å². The number of benzene rings is 6. The molecule has 0 aromatic heterocycles. The van der Waals surface area contributed by atoms with Gasteiger partial charge in [-0.05, 0) is 229 Å². The van der Waals surface area contributed by atoms with Crippen LogP contribution in [0.25, 0.3) is 36.5 Å². The van der Waals surface area contributed by atoms with Gasteiger partial charge in [-0.1, -0.05) is 219 Å². The normalized spacial score (nSPS) is 33.0. The molecule has 0 amide bonds. The van der Waals surface area contributed by atoms with Crippen LogP contribution in [0.1, 0.15) is 185 Å². The molecule has 0 atom stereocenters. The topological polar surface area (TPSA) is 0 Å². The second-order valence-corrected chi connectivity index (χ2v) is 24.9. The second kappa shape index (κ2) is 18.3. The van der Waals surface area contributed by atoms with Crippen LogP contribution >= 0.6 is 0 Å². The van der Waals surface area contributed by atoms with E-state index in [1.54, 1.807) is 33.4 Å². The molecule has 0 heterocycles. The first-order valence-corrected chi connectivity index (χ1v) is 28.4. The summed E-state index contributed by atoms with van der Waals surface area (Å²) in [7, 11) is 0. The summed E-state index contributed by atoms with van der Waals surface area (Å²) in [4.78, 5) is 0. The van der Waals surface area contributed by atoms with Gasteiger partial charge < -0.3 is 0 Å². The van der Waals surface area contributed by atoms with Crippen molar-refractivity contribution in [3.05, 3.63) is 249 Å². The second-order valence-electron chi connectivity index (χ2n) is 24.9. The van der Waals surface area contributed by atoms with Gasteiger partial charge in [-0.2, -0.15) is 0 Å². The molecule has 8 aliphatic carbocycles. The number of hydrogen-bond acceptors (Lipinski definition) is 0. The summed E-state index contributed by atoms with van der Waals surface area (Å²) in [5.74, 6) is 0. The molecule has 0 N–H and O–H groups in total. The fourth-order valence-corrected chi connectivity index (χ4v) is 19.9. The van der Waals surface area contributed by atoms with Crippen molar-refractivity contribution in [1.29, 1.82) is 0 Å². The zero-order valence-corrected chi connectivity index (χ0v) is 45.3. The van der Waals surface area contributed by atoms with Crippen LogP contribution in [-0.2, 0) is 32.5 Å². The molecule has 8 aliphatic rings. The third kappa shape index (κ3) is 7.27. The molecule has 0 aliphatic heterocycles. The summed E-state index contributed by atoms with van der Waals surface area (Å²) in [5.41, 5.74) is 17.6. The highest BCUT2D eigenvalue weighted by Crippen LogP contribution is 2.86. The number of rotatable bonds is 13. The average Bonchev–Trinajstić information content (AvgIpc) is 3.53. The molecule has 8 fully saturated rings. The minimum atomic E-state index is -0.0671. The van der Waals surface area contributed by atoms with E-state index in [9.17, 15) is 0 Å². The molecule has 0 unspecified atom stereocenters. The standard InChI is InChI=1S/C74H78/c1-7-25-55-31-13-19-37-61(55)67-43-68(62-38-20-14-32-56(62)26-8-2)45-69(44-67,63-39-21-15-33-57(63)27-9-3)51-73(49-67,50-68)74-52-70(64-40-22-16-34-58(64)28-10-4)46-71(53-74,65-41-23-17-35-59(65)29-11-5)48-72(47-70,54-74)66-42-24-18-36-60(66)30-12-6/h7-42H,43-54H2,1-6H3. The zero-order valence-electron chi connectivity index (χ0n) is 45.3. The van der Waals surface area contributed by atoms with Gasteiger partial charge in [-0.25, -0.2) is 0 Å². The van der Waals surface area contributed by atoms with E-state index in [0.717, 1.165) is 0 Å². The first-order valence-electron chi connectivity index (χ1n) is 28.4. The van der Waals surface area contributed by atoms with Crippen LogP contribution in [0, 0.1) is 10.8 Å². The maximum atomic E-state index is 2.59. The van der Waals surface area contributed by atoms with E-state index in [4.69, 9.17) is 0 Å². The van der Waals surface area contributed by atoms with E-state index in [2.05, 4.69) is 260 Å². The Labute approximate surface area is 444 Å². The maximum Gasteiger partial charge on any atom is -0.00186 e. The Bertz CT molecular complexity index is 2720. The van der Waals surface area contributed by atoms with E-state index >= 15 is 0 Å². The van der Waals surface area contributed by atoms with E-state index in [0.29, 0.717) is 0 Å². The lowest BCUT2D eigenvalue weighted by atomic mass is 9.22. The largest absolute Gasteiger partial charge is 0.0871 e. The van der Waals surface area contributed by atoms with Gasteiger partial charge in [0.25, 0.3) is 0 Å². The molecule has 0 spiro atoms. The van der Waals surface area contributed by atoms with Gasteiger partial charge in [0.1, 0.15) is 0 Å².